The Morgan fingerprint density at radius 3 is 1.90 bits per heavy atom. The number of carbonyl (C=O) groups excluding carboxylic acids is 2. The lowest BCUT2D eigenvalue weighted by atomic mass is 9.40. The summed E-state index contributed by atoms with van der Waals surface area (Å²) in [6.07, 6.45) is -27.9. The van der Waals surface area contributed by atoms with E-state index in [0.717, 1.165) is 5.57 Å². The number of esters is 1. The van der Waals surface area contributed by atoms with Gasteiger partial charge in [0.15, 0.2) is 36.5 Å². The average molecular weight is 1180 g/mol. The smallest absolute Gasteiger partial charge is 0.397 e. The van der Waals surface area contributed by atoms with E-state index < -0.39 is 198 Å². The van der Waals surface area contributed by atoms with E-state index >= 15 is 0 Å². The van der Waals surface area contributed by atoms with Crippen molar-refractivity contribution in [1.82, 2.24) is 0 Å². The first-order valence-electron chi connectivity index (χ1n) is 28.4. The Morgan fingerprint density at radius 2 is 1.30 bits per heavy atom. The van der Waals surface area contributed by atoms with Crippen LogP contribution >= 0.6 is 0 Å². The second-order valence-corrected chi connectivity index (χ2v) is 26.8. The number of hydrogen-bond acceptors (Lipinski definition) is 25. The first-order chi connectivity index (χ1) is 37.9. The van der Waals surface area contributed by atoms with Crippen LogP contribution in [0, 0.1) is 45.3 Å². The van der Waals surface area contributed by atoms with Crippen molar-refractivity contribution in [2.75, 3.05) is 26.9 Å². The second-order valence-electron chi connectivity index (χ2n) is 25.7. The van der Waals surface area contributed by atoms with Gasteiger partial charge >= 0.3 is 16.4 Å². The number of aliphatic hydroxyl groups is 10. The lowest BCUT2D eigenvalue weighted by Crippen LogP contribution is -2.67. The Morgan fingerprint density at radius 1 is 0.704 bits per heavy atom. The van der Waals surface area contributed by atoms with E-state index in [0.29, 0.717) is 44.9 Å². The van der Waals surface area contributed by atoms with Crippen LogP contribution in [-0.4, -0.2) is 237 Å². The normalized spacial score (nSPS) is 50.7. The second kappa shape index (κ2) is 23.3. The number of methoxy groups -OCH3 is 1. The van der Waals surface area contributed by atoms with Crippen molar-refractivity contribution in [3.63, 3.8) is 0 Å². The Balaban J connectivity index is 0.909. The van der Waals surface area contributed by atoms with Crippen LogP contribution in [0.25, 0.3) is 0 Å². The van der Waals surface area contributed by atoms with Gasteiger partial charge in [0.2, 0.25) is 0 Å². The van der Waals surface area contributed by atoms with Crippen LogP contribution < -0.4 is 0 Å². The molecule has 0 amide bonds. The van der Waals surface area contributed by atoms with Gasteiger partial charge in [0, 0.05) is 19.4 Å². The fourth-order valence-electron chi connectivity index (χ4n) is 16.2. The van der Waals surface area contributed by atoms with E-state index in [-0.39, 0.29) is 30.0 Å². The van der Waals surface area contributed by atoms with E-state index in [9.17, 15) is 73.6 Å². The number of Topliss-reactive ketones (excluding diaryl/α,β-unsaturated/α-hetero) is 1. The Bertz CT molecular complexity index is 2410. The van der Waals surface area contributed by atoms with Crippen LogP contribution in [0.1, 0.15) is 107 Å². The maximum Gasteiger partial charge on any atom is 0.397 e. The number of hydrogen-bond donors (Lipinski definition) is 11. The number of carbonyl (C=O) groups is 2. The van der Waals surface area contributed by atoms with Crippen molar-refractivity contribution in [3.8, 4) is 0 Å². The van der Waals surface area contributed by atoms with Gasteiger partial charge in [0.25, 0.3) is 0 Å². The fraction of sp³-hybridized carbons (Fsp3) is 0.926. The lowest BCUT2D eigenvalue weighted by molar-refractivity contribution is -0.389. The van der Waals surface area contributed by atoms with Crippen molar-refractivity contribution in [2.24, 2.45) is 45.3 Å². The van der Waals surface area contributed by atoms with E-state index in [1.165, 1.54) is 14.0 Å². The average Bonchev–Trinajstić information content (AvgIpc) is 1.62. The van der Waals surface area contributed by atoms with Gasteiger partial charge in [-0.15, -0.1) is 0 Å². The van der Waals surface area contributed by atoms with Crippen molar-refractivity contribution in [1.29, 1.82) is 0 Å². The topological polar surface area (TPSA) is 392 Å². The van der Waals surface area contributed by atoms with Crippen molar-refractivity contribution >= 4 is 22.2 Å². The van der Waals surface area contributed by atoms with Gasteiger partial charge in [-0.3, -0.25) is 14.1 Å². The molecule has 0 bridgehead atoms. The number of ketones is 1. The summed E-state index contributed by atoms with van der Waals surface area (Å²) in [5.74, 6) is -1.10. The van der Waals surface area contributed by atoms with Gasteiger partial charge in [-0.2, -0.15) is 8.42 Å². The van der Waals surface area contributed by atoms with Crippen LogP contribution in [0.3, 0.4) is 0 Å². The first kappa shape index (κ1) is 63.5. The van der Waals surface area contributed by atoms with Gasteiger partial charge in [0.1, 0.15) is 90.9 Å². The van der Waals surface area contributed by atoms with Crippen LogP contribution in [0.4, 0.5) is 0 Å². The van der Waals surface area contributed by atoms with Crippen LogP contribution in [0.2, 0.25) is 0 Å². The highest BCUT2D eigenvalue weighted by Gasteiger charge is 2.80. The molecule has 28 atom stereocenters. The number of allylic oxidation sites excluding steroid dienone is 1. The third-order valence-corrected chi connectivity index (χ3v) is 21.0. The molecular formula is C54H86O26S. The summed E-state index contributed by atoms with van der Waals surface area (Å²) in [5, 5.41) is 112. The van der Waals surface area contributed by atoms with Gasteiger partial charge < -0.3 is 98.4 Å². The molecule has 26 nitrogen and oxygen atoms in total. The zero-order valence-corrected chi connectivity index (χ0v) is 48.1. The van der Waals surface area contributed by atoms with E-state index in [1.54, 1.807) is 6.92 Å². The molecule has 5 heterocycles. The summed E-state index contributed by atoms with van der Waals surface area (Å²) < 4.78 is 97.8. The molecule has 4 aliphatic carbocycles. The maximum absolute atomic E-state index is 14.4. The highest BCUT2D eigenvalue weighted by molar-refractivity contribution is 7.80. The molecule has 0 aromatic heterocycles. The molecule has 0 unspecified atom stereocenters. The van der Waals surface area contributed by atoms with Crippen molar-refractivity contribution in [2.45, 2.75) is 241 Å². The molecule has 464 valence electrons. The summed E-state index contributed by atoms with van der Waals surface area (Å²) in [4.78, 5) is 28.4. The predicted octanol–water partition coefficient (Wildman–Crippen LogP) is -1.33. The summed E-state index contributed by atoms with van der Waals surface area (Å²) in [5.41, 5.74) is -3.55. The third kappa shape index (κ3) is 10.6. The van der Waals surface area contributed by atoms with Crippen molar-refractivity contribution < 1.29 is 125 Å². The minimum absolute atomic E-state index is 0.0982. The molecule has 5 aliphatic heterocycles. The van der Waals surface area contributed by atoms with Crippen molar-refractivity contribution in [3.05, 3.63) is 11.6 Å². The number of rotatable bonds is 17. The molecular weight excluding hydrogens is 1100 g/mol. The number of fused-ring (bicyclic) bond motifs is 4. The van der Waals surface area contributed by atoms with Crippen LogP contribution in [0.15, 0.2) is 11.6 Å². The van der Waals surface area contributed by atoms with E-state index in [4.69, 9.17) is 51.6 Å². The maximum atomic E-state index is 14.4. The number of aliphatic hydroxyl groups excluding tert-OH is 10. The zero-order chi connectivity index (χ0) is 59.4. The van der Waals surface area contributed by atoms with E-state index in [1.807, 2.05) is 33.8 Å². The number of cyclic esters (lactones) is 1. The molecule has 9 aliphatic rings. The molecule has 81 heavy (non-hydrogen) atoms. The molecule has 5 saturated heterocycles. The van der Waals surface area contributed by atoms with E-state index in [2.05, 4.69) is 13.8 Å². The largest absolute Gasteiger partial charge is 0.450 e. The van der Waals surface area contributed by atoms with Gasteiger partial charge in [-0.1, -0.05) is 53.2 Å². The molecule has 27 heteroatoms. The highest BCUT2D eigenvalue weighted by atomic mass is 32.3. The SMILES string of the molecule is CO[C@@H]1[C@@H](O)[C@H](O[C@@H]2[C@@H](O)[C@H](O[C@H]3[C@H](O)[C@@H](O)[C@H](O[C@H]4[C@H](O[C@H]5CC[C@]6(C)C7=C[C@H](O)[C@]89C(=O)O[C@@](C)(C(=O)CCC(C)C)[C@H]8CC[C@@]9(C)[C@@H]7CC[C@@H]6C5(C)C)OC[C@@H](OS(=O)(=O)O)[C@@H]4O)O[C@@H]3C)O[C@H](CO)[C@H]2O)O[C@H](CO)[C@H]1O. The summed E-state index contributed by atoms with van der Waals surface area (Å²) in [6, 6.07) is 0. The summed E-state index contributed by atoms with van der Waals surface area (Å²) >= 11 is 0. The highest BCUT2D eigenvalue weighted by Crippen LogP contribution is 2.76. The Hall–Kier alpha value is -2.01. The lowest BCUT2D eigenvalue weighted by Gasteiger charge is -2.64. The zero-order valence-electron chi connectivity index (χ0n) is 47.2. The Labute approximate surface area is 471 Å². The summed E-state index contributed by atoms with van der Waals surface area (Å²) in [6.45, 7) is 13.3. The predicted molar refractivity (Wildman–Crippen MR) is 273 cm³/mol. The monoisotopic (exact) mass is 1180 g/mol. The molecule has 0 radical (unpaired) electrons. The molecule has 8 fully saturated rings. The fourth-order valence-corrected chi connectivity index (χ4v) is 16.7. The van der Waals surface area contributed by atoms with Gasteiger partial charge in [-0.05, 0) is 92.8 Å². The molecule has 11 N–H and O–H groups in total. The van der Waals surface area contributed by atoms with Gasteiger partial charge in [0.05, 0.1) is 38.1 Å². The van der Waals surface area contributed by atoms with Crippen LogP contribution in [0.5, 0.6) is 0 Å². The minimum Gasteiger partial charge on any atom is -0.450 e. The standard InChI is InChI=1S/C54H86O26S/c1-22(2)10-13-31(57)53(8)30-14-17-52(7)24-11-12-29-50(4,5)33(15-16-51(29,6)25(24)18-32(58)54(30,52)49(66)79-53)75-48-44(36(61)28(21-71-48)80-81(67,68)69)78-45-38(63)37(62)41(23(3)72-45)76-47-40(65)43(35(60)27(20-56)74-47)77-46-39(64)42(70-9)34(59)26(19-55)73-46/h18,22-24,26-30,32-48,55-56,58-65H,10-17,19-21H2,1-9H3,(H,67,68,69)/t23-,24-,26-,27-,28-,29-,30-,32+,33+,34-,35-,36+,37-,38-,39-,40-,41-,42+,43+,44-,45+,46+,47+,48+,51-,52+,53-,54+/m1/s1. The Kier molecular flexibility index (Phi) is 18.2. The quantitative estimate of drug-likeness (QED) is 0.0348. The molecule has 9 rings (SSSR count). The first-order valence-corrected chi connectivity index (χ1v) is 29.8. The minimum atomic E-state index is -5.19. The van der Waals surface area contributed by atoms with Crippen LogP contribution in [-0.2, 0) is 71.5 Å². The molecule has 3 saturated carbocycles. The third-order valence-electron chi connectivity index (χ3n) is 20.6. The molecule has 0 aromatic rings. The van der Waals surface area contributed by atoms with Gasteiger partial charge in [-0.25, -0.2) is 4.18 Å². The molecule has 1 spiro atoms. The molecule has 0 aromatic carbocycles. The summed E-state index contributed by atoms with van der Waals surface area (Å²) in [7, 11) is -4.01. The number of ether oxygens (including phenoxy) is 10.